The van der Waals surface area contributed by atoms with Gasteiger partial charge in [-0.15, -0.1) is 11.3 Å². The van der Waals surface area contributed by atoms with Gasteiger partial charge in [-0.3, -0.25) is 14.3 Å². The van der Waals surface area contributed by atoms with Crippen LogP contribution in [0.1, 0.15) is 13.3 Å². The zero-order valence-electron chi connectivity index (χ0n) is 13.6. The van der Waals surface area contributed by atoms with Crippen LogP contribution in [0.4, 0.5) is 11.4 Å². The molecule has 7 nitrogen and oxygen atoms in total. The molecule has 26 heavy (non-hydrogen) atoms. The van der Waals surface area contributed by atoms with Crippen molar-refractivity contribution >= 4 is 50.0 Å². The third-order valence-corrected chi connectivity index (χ3v) is 6.88. The Morgan fingerprint density at radius 2 is 2.00 bits per heavy atom. The zero-order valence-corrected chi connectivity index (χ0v) is 16.1. The summed E-state index contributed by atoms with van der Waals surface area (Å²) in [5.74, 6) is -0.252. The molecule has 0 aliphatic heterocycles. The fraction of sp³-hybridized carbons (Fsp3) is 0.125. The molecule has 2 aromatic heterocycles. The number of hydrogen-bond acceptors (Lipinski definition) is 6. The number of benzene rings is 1. The van der Waals surface area contributed by atoms with E-state index in [2.05, 4.69) is 15.0 Å². The molecule has 3 rings (SSSR count). The van der Waals surface area contributed by atoms with Crippen molar-refractivity contribution in [1.82, 2.24) is 4.98 Å². The second kappa shape index (κ2) is 7.44. The van der Waals surface area contributed by atoms with E-state index in [4.69, 9.17) is 0 Å². The number of sulfonamides is 1. The lowest BCUT2D eigenvalue weighted by Gasteiger charge is -2.14. The minimum Gasteiger partial charge on any atom is -0.324 e. The maximum absolute atomic E-state index is 12.5. The van der Waals surface area contributed by atoms with Crippen molar-refractivity contribution in [2.45, 2.75) is 17.6 Å². The molecule has 3 N–H and O–H groups in total. The summed E-state index contributed by atoms with van der Waals surface area (Å²) in [6.07, 6.45) is 0.247. The molecule has 1 amide bonds. The molecule has 0 bridgehead atoms. The highest BCUT2D eigenvalue weighted by Gasteiger charge is 2.18. The Kier molecular flexibility index (Phi) is 5.25. The zero-order chi connectivity index (χ0) is 18.7. The van der Waals surface area contributed by atoms with Gasteiger partial charge in [-0.05, 0) is 23.6 Å². The minimum absolute atomic E-state index is 0.177. The van der Waals surface area contributed by atoms with E-state index in [1.807, 2.05) is 0 Å². The molecule has 0 spiro atoms. The smallest absolute Gasteiger partial charge is 0.304 e. The predicted octanol–water partition coefficient (Wildman–Crippen LogP) is 3.31. The number of aromatic amines is 1. The Labute approximate surface area is 157 Å². The number of thiazole rings is 1. The number of carbonyl (C=O) groups is 1. The summed E-state index contributed by atoms with van der Waals surface area (Å²) in [6.45, 7) is 1.70. The van der Waals surface area contributed by atoms with Crippen LogP contribution >= 0.6 is 22.7 Å². The van der Waals surface area contributed by atoms with E-state index in [1.165, 1.54) is 6.07 Å². The first-order valence-corrected chi connectivity index (χ1v) is 10.8. The second-order valence-corrected chi connectivity index (χ2v) is 8.96. The number of nitrogens with one attached hydrogen (secondary N) is 3. The van der Waals surface area contributed by atoms with Crippen molar-refractivity contribution in [3.8, 4) is 11.3 Å². The average Bonchev–Trinajstić information content (AvgIpc) is 3.28. The monoisotopic (exact) mass is 409 g/mol. The fourth-order valence-corrected chi connectivity index (χ4v) is 4.84. The fourth-order valence-electron chi connectivity index (χ4n) is 2.18. The first kappa shape index (κ1) is 18.4. The number of hydrogen-bond donors (Lipinski definition) is 3. The third kappa shape index (κ3) is 4.03. The minimum atomic E-state index is -3.75. The van der Waals surface area contributed by atoms with Gasteiger partial charge in [0.25, 0.3) is 10.0 Å². The van der Waals surface area contributed by atoms with Gasteiger partial charge in [-0.1, -0.05) is 30.4 Å². The molecule has 0 atom stereocenters. The van der Waals surface area contributed by atoms with Crippen molar-refractivity contribution < 1.29 is 13.2 Å². The number of aromatic nitrogens is 1. The summed E-state index contributed by atoms with van der Waals surface area (Å²) in [5, 5.41) is 6.03. The molecule has 136 valence electrons. The van der Waals surface area contributed by atoms with E-state index in [9.17, 15) is 18.0 Å². The highest BCUT2D eigenvalue weighted by atomic mass is 32.2. The van der Waals surface area contributed by atoms with Gasteiger partial charge in [-0.25, -0.2) is 8.42 Å². The summed E-state index contributed by atoms with van der Waals surface area (Å²) in [5.41, 5.74) is 1.83. The lowest BCUT2D eigenvalue weighted by Crippen LogP contribution is -2.16. The average molecular weight is 410 g/mol. The highest BCUT2D eigenvalue weighted by molar-refractivity contribution is 7.94. The largest absolute Gasteiger partial charge is 0.324 e. The van der Waals surface area contributed by atoms with Crippen molar-refractivity contribution in [3.63, 3.8) is 0 Å². The molecular weight excluding hydrogens is 394 g/mol. The van der Waals surface area contributed by atoms with Crippen molar-refractivity contribution in [1.29, 1.82) is 0 Å². The Bertz CT molecular complexity index is 1080. The molecule has 0 fully saturated rings. The number of thiophene rings is 1. The summed E-state index contributed by atoms with van der Waals surface area (Å²) >= 11 is 2.13. The van der Waals surface area contributed by atoms with Gasteiger partial charge >= 0.3 is 4.87 Å². The molecule has 0 saturated carbocycles. The summed E-state index contributed by atoms with van der Waals surface area (Å²) in [6, 6.07) is 8.00. The van der Waals surface area contributed by atoms with Gasteiger partial charge in [0.15, 0.2) is 0 Å². The van der Waals surface area contributed by atoms with Crippen molar-refractivity contribution in [2.24, 2.45) is 0 Å². The molecule has 10 heteroatoms. The molecule has 0 unspecified atom stereocenters. The normalized spacial score (nSPS) is 11.3. The van der Waals surface area contributed by atoms with E-state index < -0.39 is 10.0 Å². The number of amides is 1. The molecular formula is C16H15N3O4S3. The maximum Gasteiger partial charge on any atom is 0.304 e. The second-order valence-electron chi connectivity index (χ2n) is 5.26. The molecule has 0 saturated heterocycles. The van der Waals surface area contributed by atoms with Crippen LogP contribution in [0.3, 0.4) is 0 Å². The van der Waals surface area contributed by atoms with E-state index in [0.29, 0.717) is 16.9 Å². The summed E-state index contributed by atoms with van der Waals surface area (Å²) in [4.78, 5) is 25.7. The molecule has 0 aliphatic carbocycles. The first-order valence-electron chi connectivity index (χ1n) is 7.57. The van der Waals surface area contributed by atoms with E-state index in [1.54, 1.807) is 41.9 Å². The lowest BCUT2D eigenvalue weighted by molar-refractivity contribution is -0.115. The van der Waals surface area contributed by atoms with Crippen LogP contribution in [0.2, 0.25) is 0 Å². The van der Waals surface area contributed by atoms with Crippen LogP contribution in [-0.2, 0) is 14.8 Å². The van der Waals surface area contributed by atoms with Gasteiger partial charge in [0.1, 0.15) is 4.21 Å². The van der Waals surface area contributed by atoms with E-state index in [-0.39, 0.29) is 27.1 Å². The van der Waals surface area contributed by atoms with Crippen molar-refractivity contribution in [3.05, 3.63) is 50.8 Å². The molecule has 2 heterocycles. The Balaban J connectivity index is 2.00. The van der Waals surface area contributed by atoms with Crippen LogP contribution in [0.15, 0.2) is 50.1 Å². The number of rotatable bonds is 6. The lowest BCUT2D eigenvalue weighted by atomic mass is 10.1. The first-order chi connectivity index (χ1) is 12.4. The summed E-state index contributed by atoms with van der Waals surface area (Å²) < 4.78 is 27.6. The van der Waals surface area contributed by atoms with Gasteiger partial charge in [-0.2, -0.15) is 0 Å². The quantitative estimate of drug-likeness (QED) is 0.580. The van der Waals surface area contributed by atoms with Gasteiger partial charge in [0.2, 0.25) is 5.91 Å². The SMILES string of the molecule is CCC(=O)Nc1cc(-c2csc(=O)[nH]2)ccc1NS(=O)(=O)c1cccs1. The van der Waals surface area contributed by atoms with Crippen LogP contribution < -0.4 is 14.9 Å². The Morgan fingerprint density at radius 1 is 1.19 bits per heavy atom. The van der Waals surface area contributed by atoms with Crippen molar-refractivity contribution in [2.75, 3.05) is 10.0 Å². The molecule has 0 aliphatic rings. The number of carbonyl (C=O) groups excluding carboxylic acids is 1. The summed E-state index contributed by atoms with van der Waals surface area (Å²) in [7, 11) is -3.75. The third-order valence-electron chi connectivity index (χ3n) is 3.45. The van der Waals surface area contributed by atoms with Gasteiger partial charge in [0.05, 0.1) is 17.1 Å². The number of H-pyrrole nitrogens is 1. The number of anilines is 2. The van der Waals surface area contributed by atoms with Crippen LogP contribution in [0.5, 0.6) is 0 Å². The van der Waals surface area contributed by atoms with E-state index >= 15 is 0 Å². The standard InChI is InChI=1S/C16H15N3O4S3/c1-2-14(20)17-12-8-10(13-9-25-16(21)18-13)5-6-11(12)19-26(22,23)15-4-3-7-24-15/h3-9,19H,2H2,1H3,(H,17,20)(H,18,21). The highest BCUT2D eigenvalue weighted by Crippen LogP contribution is 2.31. The van der Waals surface area contributed by atoms with Crippen LogP contribution in [-0.4, -0.2) is 19.3 Å². The van der Waals surface area contributed by atoms with Crippen LogP contribution in [0, 0.1) is 0 Å². The molecule has 1 aromatic carbocycles. The Hall–Kier alpha value is -2.43. The van der Waals surface area contributed by atoms with Gasteiger partial charge < -0.3 is 10.3 Å². The predicted molar refractivity (Wildman–Crippen MR) is 104 cm³/mol. The van der Waals surface area contributed by atoms with Gasteiger partial charge in [0, 0.05) is 17.4 Å². The molecule has 3 aromatic rings. The maximum atomic E-state index is 12.5. The topological polar surface area (TPSA) is 108 Å². The van der Waals surface area contributed by atoms with E-state index in [0.717, 1.165) is 22.7 Å². The molecule has 0 radical (unpaired) electrons. The van der Waals surface area contributed by atoms with Crippen LogP contribution in [0.25, 0.3) is 11.3 Å². The Morgan fingerprint density at radius 3 is 2.62 bits per heavy atom.